The first-order chi connectivity index (χ1) is 13.6. The first-order valence-electron chi connectivity index (χ1n) is 8.98. The molecule has 0 aliphatic rings. The van der Waals surface area contributed by atoms with E-state index >= 15 is 0 Å². The highest BCUT2D eigenvalue weighted by molar-refractivity contribution is 8.01. The van der Waals surface area contributed by atoms with Crippen LogP contribution in [0, 0.1) is 0 Å². The predicted molar refractivity (Wildman–Crippen MR) is 115 cm³/mol. The number of thioether (sulfide) groups is 1. The standard InChI is InChI=1S/C20H22N4O2S2/c1-3-14(2)21-18(25)13-27-20-24-23-19(28-20)22-15-9-11-17(12-10-15)26-16-7-5-4-6-8-16/h4-12,14H,3,13H2,1-2H3,(H,21,25)(H,22,23)/t14-/m1/s1. The number of aromatic nitrogens is 2. The van der Waals surface area contributed by atoms with Gasteiger partial charge in [-0.3, -0.25) is 4.79 Å². The van der Waals surface area contributed by atoms with Crippen molar-refractivity contribution in [3.63, 3.8) is 0 Å². The van der Waals surface area contributed by atoms with E-state index in [2.05, 4.69) is 20.8 Å². The summed E-state index contributed by atoms with van der Waals surface area (Å²) in [6, 6.07) is 17.5. The molecule has 0 saturated carbocycles. The molecular formula is C20H22N4O2S2. The molecule has 146 valence electrons. The van der Waals surface area contributed by atoms with Gasteiger partial charge in [0.15, 0.2) is 4.34 Å². The highest BCUT2D eigenvalue weighted by Crippen LogP contribution is 2.29. The van der Waals surface area contributed by atoms with Gasteiger partial charge in [0.2, 0.25) is 11.0 Å². The monoisotopic (exact) mass is 414 g/mol. The minimum absolute atomic E-state index is 0.0121. The molecule has 3 aromatic rings. The van der Waals surface area contributed by atoms with E-state index in [-0.39, 0.29) is 11.9 Å². The molecule has 1 heterocycles. The number of nitrogens with one attached hydrogen (secondary N) is 2. The van der Waals surface area contributed by atoms with Crippen LogP contribution >= 0.6 is 23.1 Å². The van der Waals surface area contributed by atoms with E-state index in [1.165, 1.54) is 23.1 Å². The van der Waals surface area contributed by atoms with Crippen LogP contribution in [0.5, 0.6) is 11.5 Å². The van der Waals surface area contributed by atoms with Crippen molar-refractivity contribution in [1.82, 2.24) is 15.5 Å². The van der Waals surface area contributed by atoms with Crippen LogP contribution in [0.15, 0.2) is 58.9 Å². The van der Waals surface area contributed by atoms with Crippen molar-refractivity contribution in [2.24, 2.45) is 0 Å². The molecule has 8 heteroatoms. The molecule has 0 saturated heterocycles. The Balaban J connectivity index is 1.50. The zero-order valence-electron chi connectivity index (χ0n) is 15.7. The maximum Gasteiger partial charge on any atom is 0.230 e. The quantitative estimate of drug-likeness (QED) is 0.476. The molecule has 0 aliphatic carbocycles. The molecule has 28 heavy (non-hydrogen) atoms. The van der Waals surface area contributed by atoms with Gasteiger partial charge in [-0.2, -0.15) is 0 Å². The van der Waals surface area contributed by atoms with Crippen LogP contribution in [0.4, 0.5) is 10.8 Å². The smallest absolute Gasteiger partial charge is 0.230 e. The number of amides is 1. The molecule has 2 aromatic carbocycles. The lowest BCUT2D eigenvalue weighted by Crippen LogP contribution is -2.33. The highest BCUT2D eigenvalue weighted by Gasteiger charge is 2.10. The van der Waals surface area contributed by atoms with Crippen molar-refractivity contribution in [2.45, 2.75) is 30.6 Å². The predicted octanol–water partition coefficient (Wildman–Crippen LogP) is 5.08. The Hall–Kier alpha value is -2.58. The number of anilines is 2. The van der Waals surface area contributed by atoms with Crippen LogP contribution < -0.4 is 15.4 Å². The number of rotatable bonds is 9. The fourth-order valence-electron chi connectivity index (χ4n) is 2.22. The molecule has 0 aliphatic heterocycles. The molecule has 1 amide bonds. The second-order valence-corrected chi connectivity index (χ2v) is 8.30. The van der Waals surface area contributed by atoms with Crippen molar-refractivity contribution in [3.05, 3.63) is 54.6 Å². The summed E-state index contributed by atoms with van der Waals surface area (Å²) in [4.78, 5) is 11.8. The number of hydrogen-bond acceptors (Lipinski definition) is 7. The van der Waals surface area contributed by atoms with Crippen LogP contribution in [-0.4, -0.2) is 27.9 Å². The fourth-order valence-corrected chi connectivity index (χ4v) is 3.80. The van der Waals surface area contributed by atoms with Gasteiger partial charge < -0.3 is 15.4 Å². The molecule has 1 atom stereocenters. The molecule has 3 rings (SSSR count). The van der Waals surface area contributed by atoms with E-state index in [1.807, 2.05) is 68.4 Å². The largest absolute Gasteiger partial charge is 0.457 e. The van der Waals surface area contributed by atoms with Crippen molar-refractivity contribution in [1.29, 1.82) is 0 Å². The Morgan fingerprint density at radius 1 is 1.11 bits per heavy atom. The number of carbonyl (C=O) groups excluding carboxylic acids is 1. The average molecular weight is 415 g/mol. The van der Waals surface area contributed by atoms with Gasteiger partial charge in [0.05, 0.1) is 5.75 Å². The first kappa shape index (κ1) is 20.2. The number of benzene rings is 2. The second-order valence-electron chi connectivity index (χ2n) is 6.10. The summed E-state index contributed by atoms with van der Waals surface area (Å²) in [7, 11) is 0. The summed E-state index contributed by atoms with van der Waals surface area (Å²) in [6.07, 6.45) is 0.915. The van der Waals surface area contributed by atoms with E-state index in [0.717, 1.165) is 27.9 Å². The van der Waals surface area contributed by atoms with Gasteiger partial charge in [-0.1, -0.05) is 48.2 Å². The van der Waals surface area contributed by atoms with E-state index < -0.39 is 0 Å². The van der Waals surface area contributed by atoms with E-state index in [0.29, 0.717) is 10.9 Å². The topological polar surface area (TPSA) is 76.1 Å². The zero-order chi connectivity index (χ0) is 19.8. The van der Waals surface area contributed by atoms with E-state index in [1.54, 1.807) is 0 Å². The molecular weight excluding hydrogens is 392 g/mol. The van der Waals surface area contributed by atoms with E-state index in [4.69, 9.17) is 4.74 Å². The molecule has 6 nitrogen and oxygen atoms in total. The molecule has 0 fully saturated rings. The summed E-state index contributed by atoms with van der Waals surface area (Å²) < 4.78 is 6.54. The van der Waals surface area contributed by atoms with Crippen molar-refractivity contribution < 1.29 is 9.53 Å². The highest BCUT2D eigenvalue weighted by atomic mass is 32.2. The normalized spacial score (nSPS) is 11.6. The molecule has 1 aromatic heterocycles. The third kappa shape index (κ3) is 6.24. The van der Waals surface area contributed by atoms with Crippen LogP contribution in [0.25, 0.3) is 0 Å². The van der Waals surface area contributed by atoms with E-state index in [9.17, 15) is 4.79 Å². The number of nitrogens with zero attached hydrogens (tertiary/aromatic N) is 2. The minimum atomic E-state index is 0.0121. The third-order valence-electron chi connectivity index (χ3n) is 3.84. The van der Waals surface area contributed by atoms with Gasteiger partial charge in [-0.05, 0) is 49.7 Å². The Kier molecular flexibility index (Phi) is 7.27. The Bertz CT molecular complexity index is 885. The maximum atomic E-state index is 11.8. The van der Waals surface area contributed by atoms with Crippen molar-refractivity contribution in [2.75, 3.05) is 11.1 Å². The number of para-hydroxylation sites is 1. The molecule has 2 N–H and O–H groups in total. The average Bonchev–Trinajstić information content (AvgIpc) is 3.16. The summed E-state index contributed by atoms with van der Waals surface area (Å²) in [5.41, 5.74) is 0.891. The zero-order valence-corrected chi connectivity index (χ0v) is 17.3. The lowest BCUT2D eigenvalue weighted by molar-refractivity contribution is -0.119. The SMILES string of the molecule is CC[C@@H](C)NC(=O)CSc1nnc(Nc2ccc(Oc3ccccc3)cc2)s1. The lowest BCUT2D eigenvalue weighted by atomic mass is 10.3. The molecule has 0 bridgehead atoms. The number of ether oxygens (including phenoxy) is 1. The maximum absolute atomic E-state index is 11.8. The van der Waals surface area contributed by atoms with Crippen molar-refractivity contribution in [3.8, 4) is 11.5 Å². The van der Waals surface area contributed by atoms with Crippen molar-refractivity contribution >= 4 is 39.8 Å². The van der Waals surface area contributed by atoms with Gasteiger partial charge in [0.25, 0.3) is 0 Å². The summed E-state index contributed by atoms with van der Waals surface area (Å²) in [5, 5.41) is 15.1. The van der Waals surface area contributed by atoms with Gasteiger partial charge in [-0.15, -0.1) is 10.2 Å². The van der Waals surface area contributed by atoms with Crippen LogP contribution in [-0.2, 0) is 4.79 Å². The lowest BCUT2D eigenvalue weighted by Gasteiger charge is -2.10. The Morgan fingerprint density at radius 3 is 2.54 bits per heavy atom. The summed E-state index contributed by atoms with van der Waals surface area (Å²) in [5.74, 6) is 1.91. The summed E-state index contributed by atoms with van der Waals surface area (Å²) in [6.45, 7) is 4.03. The fraction of sp³-hybridized carbons (Fsp3) is 0.250. The number of hydrogen-bond donors (Lipinski definition) is 2. The summed E-state index contributed by atoms with van der Waals surface area (Å²) >= 11 is 2.81. The minimum Gasteiger partial charge on any atom is -0.457 e. The van der Waals surface area contributed by atoms with Gasteiger partial charge in [0.1, 0.15) is 11.5 Å². The molecule has 0 spiro atoms. The number of carbonyl (C=O) groups is 1. The van der Waals surface area contributed by atoms with Gasteiger partial charge >= 0.3 is 0 Å². The molecule has 0 unspecified atom stereocenters. The molecule has 0 radical (unpaired) electrons. The second kappa shape index (κ2) is 10.1. The van der Waals surface area contributed by atoms with Gasteiger partial charge in [-0.25, -0.2) is 0 Å². The first-order valence-corrected chi connectivity index (χ1v) is 10.8. The van der Waals surface area contributed by atoms with Gasteiger partial charge in [0, 0.05) is 11.7 Å². The Labute approximate surface area is 172 Å². The third-order valence-corrected chi connectivity index (χ3v) is 5.81. The Morgan fingerprint density at radius 2 is 1.82 bits per heavy atom. The van der Waals surface area contributed by atoms with Crippen LogP contribution in [0.3, 0.4) is 0 Å². The van der Waals surface area contributed by atoms with Crippen LogP contribution in [0.2, 0.25) is 0 Å². The van der Waals surface area contributed by atoms with Crippen LogP contribution in [0.1, 0.15) is 20.3 Å².